The Morgan fingerprint density at radius 1 is 1.05 bits per heavy atom. The van der Waals surface area contributed by atoms with Gasteiger partial charge < -0.3 is 15.6 Å². The molecule has 9 heteroatoms. The lowest BCUT2D eigenvalue weighted by atomic mass is 9.96. The Bertz CT molecular complexity index is 1670. The monoisotopic (exact) mass is 522 g/mol. The SMILES string of the molecule is O=C(Cn1c(-c2ccccc2)cnc(NCC2(c3cccc(F)c3)CC2)c1=O)NCc1cc2cnccc2[nH]1. The maximum absolute atomic E-state index is 13.8. The smallest absolute Gasteiger partial charge is 0.294 e. The average Bonchev–Trinajstić information content (AvgIpc) is 3.63. The molecule has 1 fully saturated rings. The van der Waals surface area contributed by atoms with Crippen molar-refractivity contribution in [3.05, 3.63) is 113 Å². The summed E-state index contributed by atoms with van der Waals surface area (Å²) in [4.78, 5) is 38.4. The van der Waals surface area contributed by atoms with Gasteiger partial charge in [0, 0.05) is 41.0 Å². The Balaban J connectivity index is 1.23. The van der Waals surface area contributed by atoms with Gasteiger partial charge in [-0.3, -0.25) is 19.1 Å². The van der Waals surface area contributed by atoms with Crippen molar-refractivity contribution in [3.8, 4) is 11.3 Å². The van der Waals surface area contributed by atoms with Gasteiger partial charge in [0.2, 0.25) is 5.91 Å². The molecule has 6 rings (SSSR count). The number of hydrogen-bond acceptors (Lipinski definition) is 5. The Hall–Kier alpha value is -4.79. The van der Waals surface area contributed by atoms with Gasteiger partial charge in [-0.2, -0.15) is 0 Å². The van der Waals surface area contributed by atoms with E-state index in [1.54, 1.807) is 30.7 Å². The predicted octanol–water partition coefficient (Wildman–Crippen LogP) is 4.39. The van der Waals surface area contributed by atoms with Crippen LogP contribution in [-0.4, -0.2) is 32.0 Å². The van der Waals surface area contributed by atoms with E-state index in [0.717, 1.165) is 40.6 Å². The van der Waals surface area contributed by atoms with Crippen molar-refractivity contribution in [2.75, 3.05) is 11.9 Å². The topological polar surface area (TPSA) is 105 Å². The number of aromatic nitrogens is 4. The molecule has 0 atom stereocenters. The van der Waals surface area contributed by atoms with Gasteiger partial charge in [-0.15, -0.1) is 0 Å². The Labute approximate surface area is 223 Å². The van der Waals surface area contributed by atoms with Crippen LogP contribution in [0.4, 0.5) is 10.2 Å². The molecule has 1 saturated carbocycles. The van der Waals surface area contributed by atoms with Crippen molar-refractivity contribution < 1.29 is 9.18 Å². The van der Waals surface area contributed by atoms with Crippen LogP contribution < -0.4 is 16.2 Å². The van der Waals surface area contributed by atoms with E-state index in [4.69, 9.17) is 0 Å². The quantitative estimate of drug-likeness (QED) is 0.266. The number of anilines is 1. The van der Waals surface area contributed by atoms with Gasteiger partial charge in [0.25, 0.3) is 5.56 Å². The van der Waals surface area contributed by atoms with Crippen molar-refractivity contribution in [2.45, 2.75) is 31.3 Å². The number of hydrogen-bond donors (Lipinski definition) is 3. The van der Waals surface area contributed by atoms with Gasteiger partial charge in [0.1, 0.15) is 12.4 Å². The van der Waals surface area contributed by atoms with Crippen LogP contribution in [0.25, 0.3) is 22.2 Å². The number of pyridine rings is 1. The molecule has 0 aliphatic heterocycles. The van der Waals surface area contributed by atoms with Gasteiger partial charge in [-0.05, 0) is 48.2 Å². The van der Waals surface area contributed by atoms with E-state index in [-0.39, 0.29) is 36.0 Å². The molecule has 1 amide bonds. The number of nitrogens with one attached hydrogen (secondary N) is 3. The fourth-order valence-electron chi connectivity index (χ4n) is 4.92. The largest absolute Gasteiger partial charge is 0.365 e. The van der Waals surface area contributed by atoms with Crippen LogP contribution in [0.2, 0.25) is 0 Å². The van der Waals surface area contributed by atoms with Gasteiger partial charge in [0.15, 0.2) is 5.82 Å². The van der Waals surface area contributed by atoms with Crippen LogP contribution in [0, 0.1) is 5.82 Å². The highest BCUT2D eigenvalue weighted by molar-refractivity contribution is 5.80. The zero-order valence-electron chi connectivity index (χ0n) is 21.2. The molecule has 3 heterocycles. The second kappa shape index (κ2) is 10.2. The molecule has 0 radical (unpaired) electrons. The van der Waals surface area contributed by atoms with Gasteiger partial charge in [-0.1, -0.05) is 42.5 Å². The molecule has 2 aromatic carbocycles. The summed E-state index contributed by atoms with van der Waals surface area (Å²) in [7, 11) is 0. The number of benzene rings is 2. The number of nitrogens with zero attached hydrogens (tertiary/aromatic N) is 3. The lowest BCUT2D eigenvalue weighted by Gasteiger charge is -2.18. The highest BCUT2D eigenvalue weighted by Crippen LogP contribution is 2.48. The summed E-state index contributed by atoms with van der Waals surface area (Å²) in [6.07, 6.45) is 6.86. The minimum Gasteiger partial charge on any atom is -0.365 e. The first kappa shape index (κ1) is 24.5. The van der Waals surface area contributed by atoms with Crippen LogP contribution in [0.5, 0.6) is 0 Å². The minimum atomic E-state index is -0.391. The second-order valence-corrected chi connectivity index (χ2v) is 9.93. The summed E-state index contributed by atoms with van der Waals surface area (Å²) in [6.45, 7) is 0.567. The van der Waals surface area contributed by atoms with Crippen molar-refractivity contribution in [3.63, 3.8) is 0 Å². The van der Waals surface area contributed by atoms with Crippen LogP contribution in [0.1, 0.15) is 24.1 Å². The highest BCUT2D eigenvalue weighted by Gasteiger charge is 2.44. The Morgan fingerprint density at radius 3 is 2.67 bits per heavy atom. The molecule has 0 spiro atoms. The fraction of sp³-hybridized carbons (Fsp3) is 0.200. The molecule has 3 aromatic heterocycles. The number of halogens is 1. The summed E-state index contributed by atoms with van der Waals surface area (Å²) in [5.41, 5.74) is 3.39. The van der Waals surface area contributed by atoms with Gasteiger partial charge in [0.05, 0.1) is 18.4 Å². The first-order valence-corrected chi connectivity index (χ1v) is 12.8. The van der Waals surface area contributed by atoms with E-state index in [0.29, 0.717) is 12.2 Å². The molecule has 196 valence electrons. The van der Waals surface area contributed by atoms with Crippen LogP contribution >= 0.6 is 0 Å². The van der Waals surface area contributed by atoms with Gasteiger partial charge in [-0.25, -0.2) is 9.37 Å². The fourth-order valence-corrected chi connectivity index (χ4v) is 4.92. The molecule has 39 heavy (non-hydrogen) atoms. The second-order valence-electron chi connectivity index (χ2n) is 9.93. The zero-order chi connectivity index (χ0) is 26.8. The lowest BCUT2D eigenvalue weighted by Crippen LogP contribution is -2.35. The number of carbonyl (C=O) groups excluding carboxylic acids is 1. The summed E-state index contributed by atoms with van der Waals surface area (Å²) >= 11 is 0. The standard InChI is InChI=1S/C30H27FN6O2/c31-23-8-4-7-22(14-23)30(10-11-30)19-35-28-29(39)37(26(17-34-28)20-5-2-1-3-6-20)18-27(38)33-16-24-13-21-15-32-12-9-25(21)36-24/h1-9,12-15,17,36H,10-11,16,18-19H2,(H,33,38)(H,34,35). The zero-order valence-corrected chi connectivity index (χ0v) is 21.2. The Kier molecular flexibility index (Phi) is 6.40. The molecule has 8 nitrogen and oxygen atoms in total. The maximum Gasteiger partial charge on any atom is 0.294 e. The predicted molar refractivity (Wildman–Crippen MR) is 148 cm³/mol. The van der Waals surface area contributed by atoms with E-state index >= 15 is 0 Å². The van der Waals surface area contributed by atoms with Crippen molar-refractivity contribution >= 4 is 22.6 Å². The van der Waals surface area contributed by atoms with Crippen molar-refractivity contribution in [2.24, 2.45) is 0 Å². The van der Waals surface area contributed by atoms with E-state index < -0.39 is 5.56 Å². The number of aromatic amines is 1. The van der Waals surface area contributed by atoms with Crippen LogP contribution in [0.3, 0.4) is 0 Å². The third kappa shape index (κ3) is 5.16. The molecule has 1 aliphatic carbocycles. The number of carbonyl (C=O) groups is 1. The summed E-state index contributed by atoms with van der Waals surface area (Å²) < 4.78 is 15.3. The molecule has 0 bridgehead atoms. The number of amides is 1. The van der Waals surface area contributed by atoms with Crippen LogP contribution in [-0.2, 0) is 23.3 Å². The molecule has 5 aromatic rings. The van der Waals surface area contributed by atoms with Gasteiger partial charge >= 0.3 is 0 Å². The molecular formula is C30H27FN6O2. The molecule has 1 aliphatic rings. The highest BCUT2D eigenvalue weighted by atomic mass is 19.1. The maximum atomic E-state index is 13.8. The normalized spacial score (nSPS) is 13.8. The molecule has 3 N–H and O–H groups in total. The van der Waals surface area contributed by atoms with Crippen molar-refractivity contribution in [1.29, 1.82) is 0 Å². The third-order valence-corrected chi connectivity index (χ3v) is 7.26. The van der Waals surface area contributed by atoms with E-state index in [1.807, 2.05) is 48.5 Å². The summed E-state index contributed by atoms with van der Waals surface area (Å²) in [6, 6.07) is 19.8. The van der Waals surface area contributed by atoms with Crippen LogP contribution in [0.15, 0.2) is 90.1 Å². The Morgan fingerprint density at radius 2 is 1.90 bits per heavy atom. The number of rotatable bonds is 9. The summed E-state index contributed by atoms with van der Waals surface area (Å²) in [5.74, 6) is -0.420. The molecular weight excluding hydrogens is 495 g/mol. The molecule has 0 saturated heterocycles. The van der Waals surface area contributed by atoms with E-state index in [1.165, 1.54) is 10.6 Å². The van der Waals surface area contributed by atoms with E-state index in [2.05, 4.69) is 25.6 Å². The first-order valence-electron chi connectivity index (χ1n) is 12.8. The first-order chi connectivity index (χ1) is 19.0. The number of fused-ring (bicyclic) bond motifs is 1. The number of H-pyrrole nitrogens is 1. The summed E-state index contributed by atoms with van der Waals surface area (Å²) in [5, 5.41) is 7.05. The minimum absolute atomic E-state index is 0.160. The van der Waals surface area contributed by atoms with E-state index in [9.17, 15) is 14.0 Å². The van der Waals surface area contributed by atoms with Crippen molar-refractivity contribution in [1.82, 2.24) is 24.8 Å². The lowest BCUT2D eigenvalue weighted by molar-refractivity contribution is -0.121. The average molecular weight is 523 g/mol. The molecule has 0 unspecified atom stereocenters. The third-order valence-electron chi connectivity index (χ3n) is 7.26.